The van der Waals surface area contributed by atoms with Crippen molar-refractivity contribution in [3.05, 3.63) is 34.1 Å². The molecular weight excluding hydrogens is 289 g/mol. The van der Waals surface area contributed by atoms with Crippen molar-refractivity contribution in [2.75, 3.05) is 7.05 Å². The number of nitrogens with zero attached hydrogens (tertiary/aromatic N) is 1. The van der Waals surface area contributed by atoms with E-state index >= 15 is 0 Å². The maximum Gasteiger partial charge on any atom is 0.323 e. The summed E-state index contributed by atoms with van der Waals surface area (Å²) in [5, 5.41) is 9.08. The molecule has 1 rings (SSSR count). The van der Waals surface area contributed by atoms with Gasteiger partial charge >= 0.3 is 5.97 Å². The van der Waals surface area contributed by atoms with E-state index in [1.54, 1.807) is 37.9 Å². The lowest BCUT2D eigenvalue weighted by Crippen LogP contribution is -2.47. The predicted molar refractivity (Wildman–Crippen MR) is 67.3 cm³/mol. The fourth-order valence-corrected chi connectivity index (χ4v) is 1.70. The van der Waals surface area contributed by atoms with Crippen molar-refractivity contribution in [1.82, 2.24) is 4.90 Å². The van der Waals surface area contributed by atoms with Gasteiger partial charge in [0.25, 0.3) is 0 Å². The molecule has 1 N–H and O–H groups in total. The topological polar surface area (TPSA) is 40.5 Å². The van der Waals surface area contributed by atoms with Gasteiger partial charge < -0.3 is 5.11 Å². The molecule has 3 nitrogen and oxygen atoms in total. The molecule has 0 heterocycles. The van der Waals surface area contributed by atoms with Gasteiger partial charge in [-0.2, -0.15) is 0 Å². The number of carboxylic acids is 1. The summed E-state index contributed by atoms with van der Waals surface area (Å²) in [6.07, 6.45) is 0. The van der Waals surface area contributed by atoms with Crippen LogP contribution in [0.5, 0.6) is 0 Å². The molecule has 0 atom stereocenters. The molecule has 0 aliphatic carbocycles. The van der Waals surface area contributed by atoms with E-state index in [1.807, 2.05) is 0 Å². The van der Waals surface area contributed by atoms with E-state index < -0.39 is 11.5 Å². The molecule has 0 amide bonds. The van der Waals surface area contributed by atoms with Gasteiger partial charge in [0.2, 0.25) is 0 Å². The Morgan fingerprint density at radius 3 is 2.59 bits per heavy atom. The van der Waals surface area contributed by atoms with Crippen molar-refractivity contribution in [2.45, 2.75) is 25.9 Å². The van der Waals surface area contributed by atoms with Gasteiger partial charge in [-0.1, -0.05) is 6.07 Å². The van der Waals surface area contributed by atoms with Crippen molar-refractivity contribution in [3.63, 3.8) is 0 Å². The summed E-state index contributed by atoms with van der Waals surface area (Å²) >= 11 is 3.11. The average Bonchev–Trinajstić information content (AvgIpc) is 2.23. The van der Waals surface area contributed by atoms with Crippen molar-refractivity contribution in [2.24, 2.45) is 0 Å². The zero-order valence-electron chi connectivity index (χ0n) is 10.00. The number of carboxylic acid groups (broad SMARTS) is 1. The van der Waals surface area contributed by atoms with Gasteiger partial charge in [0, 0.05) is 6.54 Å². The first-order valence-corrected chi connectivity index (χ1v) is 5.93. The third kappa shape index (κ3) is 3.26. The minimum Gasteiger partial charge on any atom is -0.480 e. The van der Waals surface area contributed by atoms with Crippen LogP contribution in [0, 0.1) is 5.82 Å². The Balaban J connectivity index is 2.84. The first-order chi connectivity index (χ1) is 7.75. The fourth-order valence-electron chi connectivity index (χ4n) is 1.27. The second kappa shape index (κ2) is 5.14. The summed E-state index contributed by atoms with van der Waals surface area (Å²) in [7, 11) is 1.73. The Bertz CT molecular complexity index is 435. The molecule has 1 aromatic carbocycles. The van der Waals surface area contributed by atoms with Crippen LogP contribution >= 0.6 is 15.9 Å². The van der Waals surface area contributed by atoms with E-state index in [-0.39, 0.29) is 5.82 Å². The Morgan fingerprint density at radius 2 is 2.12 bits per heavy atom. The van der Waals surface area contributed by atoms with Crippen molar-refractivity contribution < 1.29 is 14.3 Å². The van der Waals surface area contributed by atoms with Gasteiger partial charge in [0.15, 0.2) is 0 Å². The van der Waals surface area contributed by atoms with Gasteiger partial charge in [-0.15, -0.1) is 0 Å². The number of likely N-dealkylation sites (N-methyl/N-ethyl adjacent to an activating group) is 1. The summed E-state index contributed by atoms with van der Waals surface area (Å²) in [6.45, 7) is 3.71. The number of carbonyl (C=O) groups is 1. The van der Waals surface area contributed by atoms with Crippen LogP contribution in [0.3, 0.4) is 0 Å². The number of benzene rings is 1. The van der Waals surface area contributed by atoms with Crippen LogP contribution in [-0.2, 0) is 11.3 Å². The standard InChI is InChI=1S/C12H15BrFNO2/c1-12(2,11(16)17)15(3)7-8-4-5-10(14)9(13)6-8/h4-6H,7H2,1-3H3,(H,16,17). The van der Waals surface area contributed by atoms with Crippen molar-refractivity contribution in [1.29, 1.82) is 0 Å². The summed E-state index contributed by atoms with van der Waals surface area (Å²) in [5.41, 5.74) is -0.101. The molecule has 0 aliphatic heterocycles. The Morgan fingerprint density at radius 1 is 1.53 bits per heavy atom. The largest absolute Gasteiger partial charge is 0.480 e. The van der Waals surface area contributed by atoms with Gasteiger partial charge in [0.1, 0.15) is 11.4 Å². The molecule has 0 fully saturated rings. The number of halogens is 2. The molecule has 0 aliphatic rings. The molecule has 0 aromatic heterocycles. The molecular formula is C12H15BrFNO2. The van der Waals surface area contributed by atoms with E-state index in [1.165, 1.54) is 6.07 Å². The first-order valence-electron chi connectivity index (χ1n) is 5.13. The van der Waals surface area contributed by atoms with E-state index in [0.717, 1.165) is 5.56 Å². The minimum absolute atomic E-state index is 0.325. The van der Waals surface area contributed by atoms with Crippen molar-refractivity contribution in [3.8, 4) is 0 Å². The molecule has 0 radical (unpaired) electrons. The van der Waals surface area contributed by atoms with Gasteiger partial charge in [-0.05, 0) is 54.5 Å². The van der Waals surface area contributed by atoms with Crippen molar-refractivity contribution >= 4 is 21.9 Å². The van der Waals surface area contributed by atoms with E-state index in [9.17, 15) is 9.18 Å². The summed E-state index contributed by atoms with van der Waals surface area (Å²) in [6, 6.07) is 4.67. The highest BCUT2D eigenvalue weighted by Crippen LogP contribution is 2.20. The Hall–Kier alpha value is -0.940. The van der Waals surface area contributed by atoms with Gasteiger partial charge in [-0.25, -0.2) is 4.39 Å². The van der Waals surface area contributed by atoms with Crippen LogP contribution in [0.4, 0.5) is 4.39 Å². The number of hydrogen-bond donors (Lipinski definition) is 1. The number of hydrogen-bond acceptors (Lipinski definition) is 2. The van der Waals surface area contributed by atoms with Crippen LogP contribution in [0.1, 0.15) is 19.4 Å². The van der Waals surface area contributed by atoms with E-state index in [0.29, 0.717) is 11.0 Å². The van der Waals surface area contributed by atoms with Gasteiger partial charge in [-0.3, -0.25) is 9.69 Å². The smallest absolute Gasteiger partial charge is 0.323 e. The molecule has 17 heavy (non-hydrogen) atoms. The zero-order chi connectivity index (χ0) is 13.2. The first kappa shape index (κ1) is 14.1. The Kier molecular flexibility index (Phi) is 4.27. The average molecular weight is 304 g/mol. The molecule has 0 spiro atoms. The lowest BCUT2D eigenvalue weighted by Gasteiger charge is -2.31. The maximum atomic E-state index is 13.0. The fraction of sp³-hybridized carbons (Fsp3) is 0.417. The maximum absolute atomic E-state index is 13.0. The molecule has 1 aromatic rings. The minimum atomic E-state index is -0.957. The molecule has 0 saturated heterocycles. The van der Waals surface area contributed by atoms with Crippen LogP contribution < -0.4 is 0 Å². The number of rotatable bonds is 4. The van der Waals surface area contributed by atoms with E-state index in [2.05, 4.69) is 15.9 Å². The molecule has 94 valence electrons. The third-order valence-corrected chi connectivity index (χ3v) is 3.49. The van der Waals surface area contributed by atoms with Crippen LogP contribution in [0.15, 0.2) is 22.7 Å². The van der Waals surface area contributed by atoms with Crippen LogP contribution in [0.2, 0.25) is 0 Å². The zero-order valence-corrected chi connectivity index (χ0v) is 11.6. The van der Waals surface area contributed by atoms with E-state index in [4.69, 9.17) is 5.11 Å². The predicted octanol–water partition coefficient (Wildman–Crippen LogP) is 2.88. The molecule has 0 saturated carbocycles. The van der Waals surface area contributed by atoms with Crippen LogP contribution in [0.25, 0.3) is 0 Å². The van der Waals surface area contributed by atoms with Gasteiger partial charge in [0.05, 0.1) is 4.47 Å². The second-order valence-electron chi connectivity index (χ2n) is 4.47. The highest BCUT2D eigenvalue weighted by atomic mass is 79.9. The third-order valence-electron chi connectivity index (χ3n) is 2.88. The monoisotopic (exact) mass is 303 g/mol. The molecule has 0 unspecified atom stereocenters. The van der Waals surface area contributed by atoms with Crippen LogP contribution in [-0.4, -0.2) is 28.6 Å². The highest BCUT2D eigenvalue weighted by molar-refractivity contribution is 9.10. The quantitative estimate of drug-likeness (QED) is 0.930. The highest BCUT2D eigenvalue weighted by Gasteiger charge is 2.31. The Labute approximate surface area is 108 Å². The lowest BCUT2D eigenvalue weighted by molar-refractivity contribution is -0.148. The normalized spacial score (nSPS) is 11.9. The lowest BCUT2D eigenvalue weighted by atomic mass is 10.0. The SMILES string of the molecule is CN(Cc1ccc(F)c(Br)c1)C(C)(C)C(=O)O. The second-order valence-corrected chi connectivity index (χ2v) is 5.32. The molecule has 0 bridgehead atoms. The summed E-state index contributed by atoms with van der Waals surface area (Å²) in [4.78, 5) is 12.8. The summed E-state index contributed by atoms with van der Waals surface area (Å²) in [5.74, 6) is -1.21. The number of aliphatic carboxylic acids is 1. The summed E-state index contributed by atoms with van der Waals surface area (Å²) < 4.78 is 13.4. The molecule has 5 heteroatoms.